The van der Waals surface area contributed by atoms with Gasteiger partial charge in [0.1, 0.15) is 5.82 Å². The first-order valence-electron chi connectivity index (χ1n) is 4.63. The molecule has 1 aromatic rings. The summed E-state index contributed by atoms with van der Waals surface area (Å²) < 4.78 is 13.0. The van der Waals surface area contributed by atoms with Crippen LogP contribution < -0.4 is 5.73 Å². The molecular formula is C11H15ClFN. The molecule has 78 valence electrons. The van der Waals surface area contributed by atoms with Crippen LogP contribution in [0.5, 0.6) is 0 Å². The van der Waals surface area contributed by atoms with Crippen molar-refractivity contribution in [2.45, 2.75) is 25.7 Å². The summed E-state index contributed by atoms with van der Waals surface area (Å²) in [6.45, 7) is 4.60. The molecule has 1 nitrogen and oxygen atoms in total. The number of halogens is 2. The molecule has 1 rings (SSSR count). The first-order chi connectivity index (χ1) is 6.47. The third-order valence-corrected chi connectivity index (χ3v) is 2.76. The van der Waals surface area contributed by atoms with Crippen LogP contribution in [0.1, 0.15) is 25.8 Å². The maximum atomic E-state index is 13.0. The van der Waals surface area contributed by atoms with Crippen molar-refractivity contribution in [2.75, 3.05) is 6.54 Å². The first kappa shape index (κ1) is 11.5. The average Bonchev–Trinajstić information content (AvgIpc) is 2.09. The molecule has 0 radical (unpaired) electrons. The van der Waals surface area contributed by atoms with Gasteiger partial charge >= 0.3 is 0 Å². The van der Waals surface area contributed by atoms with Crippen LogP contribution in [0, 0.1) is 5.82 Å². The Bertz CT molecular complexity index is 323. The van der Waals surface area contributed by atoms with E-state index in [0.717, 1.165) is 12.0 Å². The Morgan fingerprint density at radius 2 is 2.07 bits per heavy atom. The molecule has 0 unspecified atom stereocenters. The van der Waals surface area contributed by atoms with Crippen LogP contribution in [0.25, 0.3) is 0 Å². The zero-order chi connectivity index (χ0) is 10.8. The van der Waals surface area contributed by atoms with Gasteiger partial charge in [0.15, 0.2) is 0 Å². The van der Waals surface area contributed by atoms with Crippen LogP contribution >= 0.6 is 11.6 Å². The van der Waals surface area contributed by atoms with E-state index in [1.165, 1.54) is 12.1 Å². The van der Waals surface area contributed by atoms with E-state index in [4.69, 9.17) is 17.3 Å². The van der Waals surface area contributed by atoms with E-state index in [9.17, 15) is 4.39 Å². The lowest BCUT2D eigenvalue weighted by Gasteiger charge is -2.25. The van der Waals surface area contributed by atoms with Crippen molar-refractivity contribution in [2.24, 2.45) is 5.73 Å². The summed E-state index contributed by atoms with van der Waals surface area (Å²) in [6.07, 6.45) is 0.788. The normalized spacial score (nSPS) is 11.8. The van der Waals surface area contributed by atoms with Gasteiger partial charge in [-0.3, -0.25) is 0 Å². The molecule has 1 aromatic carbocycles. The quantitative estimate of drug-likeness (QED) is 0.824. The molecule has 2 N–H and O–H groups in total. The second kappa shape index (κ2) is 4.28. The van der Waals surface area contributed by atoms with Crippen LogP contribution in [-0.4, -0.2) is 6.54 Å². The third-order valence-electron chi connectivity index (χ3n) is 2.43. The second-order valence-corrected chi connectivity index (χ2v) is 4.45. The topological polar surface area (TPSA) is 26.0 Å². The molecule has 0 amide bonds. The highest BCUT2D eigenvalue weighted by atomic mass is 35.5. The van der Waals surface area contributed by atoms with Crippen LogP contribution in [0.3, 0.4) is 0 Å². The van der Waals surface area contributed by atoms with E-state index in [2.05, 4.69) is 0 Å². The Morgan fingerprint density at radius 1 is 1.43 bits per heavy atom. The fourth-order valence-corrected chi connectivity index (χ4v) is 1.88. The first-order valence-corrected chi connectivity index (χ1v) is 5.01. The minimum absolute atomic E-state index is 0.173. The van der Waals surface area contributed by atoms with Crippen molar-refractivity contribution in [3.05, 3.63) is 34.6 Å². The highest BCUT2D eigenvalue weighted by Gasteiger charge is 2.22. The fourth-order valence-electron chi connectivity index (χ4n) is 1.51. The molecule has 0 aromatic heterocycles. The summed E-state index contributed by atoms with van der Waals surface area (Å²) in [5, 5.41) is 0.602. The summed E-state index contributed by atoms with van der Waals surface area (Å²) >= 11 is 6.01. The van der Waals surface area contributed by atoms with Crippen molar-refractivity contribution in [3.8, 4) is 0 Å². The smallest absolute Gasteiger partial charge is 0.123 e. The minimum atomic E-state index is -0.255. The van der Waals surface area contributed by atoms with Crippen molar-refractivity contribution in [1.29, 1.82) is 0 Å². The molecular weight excluding hydrogens is 201 g/mol. The standard InChI is InChI=1S/C11H15ClFN/c1-11(2,5-6-14)9-7-8(13)3-4-10(9)12/h3-4,7H,5-6,14H2,1-2H3. The summed E-state index contributed by atoms with van der Waals surface area (Å²) in [5.74, 6) is -0.255. The van der Waals surface area contributed by atoms with E-state index >= 15 is 0 Å². The zero-order valence-electron chi connectivity index (χ0n) is 8.48. The Labute approximate surface area is 89.1 Å². The van der Waals surface area contributed by atoms with Crippen molar-refractivity contribution in [1.82, 2.24) is 0 Å². The van der Waals surface area contributed by atoms with Crippen molar-refractivity contribution < 1.29 is 4.39 Å². The molecule has 0 atom stereocenters. The largest absolute Gasteiger partial charge is 0.330 e. The Balaban J connectivity index is 3.10. The molecule has 0 saturated heterocycles. The van der Waals surface area contributed by atoms with Gasteiger partial charge in [-0.1, -0.05) is 25.4 Å². The lowest BCUT2D eigenvalue weighted by molar-refractivity contribution is 0.483. The number of benzene rings is 1. The van der Waals surface area contributed by atoms with Gasteiger partial charge < -0.3 is 5.73 Å². The van der Waals surface area contributed by atoms with Crippen molar-refractivity contribution >= 4 is 11.6 Å². The lowest BCUT2D eigenvalue weighted by atomic mass is 9.81. The molecule has 14 heavy (non-hydrogen) atoms. The maximum Gasteiger partial charge on any atom is 0.123 e. The second-order valence-electron chi connectivity index (χ2n) is 4.05. The average molecular weight is 216 g/mol. The van der Waals surface area contributed by atoms with Crippen LogP contribution in [-0.2, 0) is 5.41 Å². The van der Waals surface area contributed by atoms with Gasteiger partial charge in [-0.25, -0.2) is 4.39 Å². The molecule has 0 heterocycles. The molecule has 3 heteroatoms. The summed E-state index contributed by atoms with van der Waals surface area (Å²) in [7, 11) is 0. The lowest BCUT2D eigenvalue weighted by Crippen LogP contribution is -2.22. The van der Waals surface area contributed by atoms with Crippen molar-refractivity contribution in [3.63, 3.8) is 0 Å². The number of nitrogens with two attached hydrogens (primary N) is 1. The Hall–Kier alpha value is -0.600. The van der Waals surface area contributed by atoms with Gasteiger partial charge in [-0.05, 0) is 42.1 Å². The van der Waals surface area contributed by atoms with Crippen LogP contribution in [0.4, 0.5) is 4.39 Å². The van der Waals surface area contributed by atoms with Gasteiger partial charge in [0.2, 0.25) is 0 Å². The third kappa shape index (κ3) is 2.46. The molecule has 0 aliphatic heterocycles. The molecule has 0 aliphatic carbocycles. The predicted octanol–water partition coefficient (Wildman–Crippen LogP) is 3.11. The van der Waals surface area contributed by atoms with E-state index < -0.39 is 0 Å². The summed E-state index contributed by atoms with van der Waals surface area (Å²) in [5.41, 5.74) is 6.15. The number of hydrogen-bond acceptors (Lipinski definition) is 1. The predicted molar refractivity (Wildman–Crippen MR) is 58.1 cm³/mol. The van der Waals surface area contributed by atoms with E-state index in [1.54, 1.807) is 6.07 Å². The van der Waals surface area contributed by atoms with Gasteiger partial charge in [0, 0.05) is 5.02 Å². The van der Waals surface area contributed by atoms with Gasteiger partial charge in [0.25, 0.3) is 0 Å². The highest BCUT2D eigenvalue weighted by molar-refractivity contribution is 6.31. The summed E-state index contributed by atoms with van der Waals surface area (Å²) in [6, 6.07) is 4.44. The van der Waals surface area contributed by atoms with Crippen LogP contribution in [0.15, 0.2) is 18.2 Å². The number of hydrogen-bond donors (Lipinski definition) is 1. The zero-order valence-corrected chi connectivity index (χ0v) is 9.24. The Morgan fingerprint density at radius 3 is 2.64 bits per heavy atom. The van der Waals surface area contributed by atoms with E-state index in [0.29, 0.717) is 11.6 Å². The highest BCUT2D eigenvalue weighted by Crippen LogP contribution is 2.32. The van der Waals surface area contributed by atoms with E-state index in [1.807, 2.05) is 13.8 Å². The Kier molecular flexibility index (Phi) is 3.51. The minimum Gasteiger partial charge on any atom is -0.330 e. The molecule has 0 spiro atoms. The molecule has 0 fully saturated rings. The van der Waals surface area contributed by atoms with Crippen LogP contribution in [0.2, 0.25) is 5.02 Å². The molecule has 0 bridgehead atoms. The number of rotatable bonds is 3. The molecule has 0 aliphatic rings. The fraction of sp³-hybridized carbons (Fsp3) is 0.455. The summed E-state index contributed by atoms with van der Waals surface area (Å²) in [4.78, 5) is 0. The van der Waals surface area contributed by atoms with Gasteiger partial charge in [-0.2, -0.15) is 0 Å². The van der Waals surface area contributed by atoms with Gasteiger partial charge in [-0.15, -0.1) is 0 Å². The monoisotopic (exact) mass is 215 g/mol. The maximum absolute atomic E-state index is 13.0. The van der Waals surface area contributed by atoms with Gasteiger partial charge in [0.05, 0.1) is 0 Å². The van der Waals surface area contributed by atoms with E-state index in [-0.39, 0.29) is 11.2 Å². The molecule has 0 saturated carbocycles. The SMILES string of the molecule is CC(C)(CCN)c1cc(F)ccc1Cl.